The zero-order valence-electron chi connectivity index (χ0n) is 25.5. The van der Waals surface area contributed by atoms with Gasteiger partial charge in [0.1, 0.15) is 6.07 Å². The van der Waals surface area contributed by atoms with E-state index in [2.05, 4.69) is 88.0 Å². The van der Waals surface area contributed by atoms with Crippen LogP contribution in [0.1, 0.15) is 11.1 Å². The second-order valence-corrected chi connectivity index (χ2v) is 11.7. The molecular formula is C42H24N6. The number of hydrogen-bond donors (Lipinski definition) is 0. The Kier molecular flexibility index (Phi) is 6.15. The largest absolute Gasteiger partial charge is 0.308 e. The summed E-state index contributed by atoms with van der Waals surface area (Å²) in [5.41, 5.74) is 9.14. The molecule has 0 aliphatic rings. The molecule has 0 fully saturated rings. The minimum absolute atomic E-state index is 0.434. The maximum absolute atomic E-state index is 10.2. The third-order valence-corrected chi connectivity index (χ3v) is 9.01. The van der Waals surface area contributed by atoms with Gasteiger partial charge in [-0.2, -0.15) is 10.5 Å². The lowest BCUT2D eigenvalue weighted by Crippen LogP contribution is -2.04. The molecule has 0 N–H and O–H groups in total. The van der Waals surface area contributed by atoms with Crippen molar-refractivity contribution in [3.63, 3.8) is 0 Å². The first-order valence-electron chi connectivity index (χ1n) is 15.6. The SMILES string of the molecule is N#Cc1ccc(-n2c3ccccc3c3cc4c5ccccc5n(-c5nc(-c6ccccc6)cc(-c6ccccc6)n5)c4cc32)c(C#N)c1. The fraction of sp³-hybridized carbons (Fsp3) is 0. The number of aromatic nitrogens is 4. The fourth-order valence-electron chi connectivity index (χ4n) is 6.84. The first-order valence-corrected chi connectivity index (χ1v) is 15.6. The molecule has 48 heavy (non-hydrogen) atoms. The molecule has 222 valence electrons. The number of hydrogen-bond acceptors (Lipinski definition) is 4. The molecule has 6 heteroatoms. The van der Waals surface area contributed by atoms with Crippen molar-refractivity contribution in [3.8, 4) is 46.3 Å². The molecule has 6 nitrogen and oxygen atoms in total. The van der Waals surface area contributed by atoms with Gasteiger partial charge in [0.25, 0.3) is 0 Å². The Labute approximate surface area is 275 Å². The van der Waals surface area contributed by atoms with Gasteiger partial charge < -0.3 is 4.57 Å². The highest BCUT2D eigenvalue weighted by Crippen LogP contribution is 2.40. The summed E-state index contributed by atoms with van der Waals surface area (Å²) >= 11 is 0. The van der Waals surface area contributed by atoms with Crippen LogP contribution in [-0.2, 0) is 0 Å². The van der Waals surface area contributed by atoms with E-state index in [0.717, 1.165) is 71.8 Å². The fourth-order valence-corrected chi connectivity index (χ4v) is 6.84. The highest BCUT2D eigenvalue weighted by molar-refractivity contribution is 6.19. The first kappa shape index (κ1) is 27.3. The monoisotopic (exact) mass is 612 g/mol. The van der Waals surface area contributed by atoms with E-state index in [1.807, 2.05) is 66.7 Å². The molecule has 0 saturated carbocycles. The average Bonchev–Trinajstić information content (AvgIpc) is 3.66. The van der Waals surface area contributed by atoms with Crippen LogP contribution in [0.4, 0.5) is 0 Å². The van der Waals surface area contributed by atoms with Gasteiger partial charge in [0, 0.05) is 32.7 Å². The van der Waals surface area contributed by atoms with Gasteiger partial charge in [-0.05, 0) is 48.5 Å². The smallest absolute Gasteiger partial charge is 0.235 e. The molecule has 0 bridgehead atoms. The van der Waals surface area contributed by atoms with Crippen LogP contribution in [0, 0.1) is 22.7 Å². The summed E-state index contributed by atoms with van der Waals surface area (Å²) in [6, 6.07) is 53.2. The summed E-state index contributed by atoms with van der Waals surface area (Å²) in [5.74, 6) is 0.569. The minimum atomic E-state index is 0.434. The van der Waals surface area contributed by atoms with Gasteiger partial charge in [-0.3, -0.25) is 4.57 Å². The Bertz CT molecular complexity index is 2740. The highest BCUT2D eigenvalue weighted by Gasteiger charge is 2.21. The third kappa shape index (κ3) is 4.18. The summed E-state index contributed by atoms with van der Waals surface area (Å²) in [7, 11) is 0. The lowest BCUT2D eigenvalue weighted by atomic mass is 10.1. The van der Waals surface area contributed by atoms with E-state index in [-0.39, 0.29) is 0 Å². The number of fused-ring (bicyclic) bond motifs is 6. The molecule has 0 spiro atoms. The second kappa shape index (κ2) is 10.8. The van der Waals surface area contributed by atoms with E-state index < -0.39 is 0 Å². The van der Waals surface area contributed by atoms with Crippen molar-refractivity contribution < 1.29 is 0 Å². The lowest BCUT2D eigenvalue weighted by molar-refractivity contribution is 0.995. The molecule has 0 amide bonds. The van der Waals surface area contributed by atoms with E-state index in [1.165, 1.54) is 0 Å². The second-order valence-electron chi connectivity index (χ2n) is 11.7. The number of nitrogens with zero attached hydrogens (tertiary/aromatic N) is 6. The predicted octanol–water partition coefficient (Wildman–Crippen LogP) is 9.75. The molecule has 9 rings (SSSR count). The van der Waals surface area contributed by atoms with E-state index >= 15 is 0 Å². The maximum atomic E-state index is 10.2. The molecule has 0 aliphatic carbocycles. The number of rotatable bonds is 4. The van der Waals surface area contributed by atoms with Gasteiger partial charge in [0.15, 0.2) is 0 Å². The Morgan fingerprint density at radius 3 is 1.56 bits per heavy atom. The van der Waals surface area contributed by atoms with Crippen LogP contribution < -0.4 is 0 Å². The van der Waals surface area contributed by atoms with Gasteiger partial charge in [-0.1, -0.05) is 97.1 Å². The molecule has 3 heterocycles. The Hall–Kier alpha value is -7.02. The van der Waals surface area contributed by atoms with Crippen LogP contribution in [0.25, 0.3) is 77.8 Å². The van der Waals surface area contributed by atoms with Crippen LogP contribution in [0.2, 0.25) is 0 Å². The Balaban J connectivity index is 1.41. The molecule has 0 atom stereocenters. The number of nitriles is 2. The van der Waals surface area contributed by atoms with Crippen molar-refractivity contribution in [3.05, 3.63) is 157 Å². The summed E-state index contributed by atoms with van der Waals surface area (Å²) in [6.07, 6.45) is 0. The van der Waals surface area contributed by atoms with Gasteiger partial charge in [-0.15, -0.1) is 0 Å². The van der Waals surface area contributed by atoms with Gasteiger partial charge >= 0.3 is 0 Å². The standard InChI is InChI=1S/C42H24N6/c43-25-27-19-20-37(30(21-27)26-44)47-38-17-9-7-15-31(38)33-22-34-32-16-8-10-18-39(32)48(41(34)24-40(33)47)42-45-35(28-11-3-1-4-12-28)23-36(46-42)29-13-5-2-6-14-29/h1-24H. The van der Waals surface area contributed by atoms with Gasteiger partial charge in [-0.25, -0.2) is 9.97 Å². The molecule has 0 aliphatic heterocycles. The maximum Gasteiger partial charge on any atom is 0.235 e. The van der Waals surface area contributed by atoms with Crippen LogP contribution in [0.3, 0.4) is 0 Å². The molecule has 0 radical (unpaired) electrons. The number of para-hydroxylation sites is 2. The minimum Gasteiger partial charge on any atom is -0.308 e. The van der Waals surface area contributed by atoms with Crippen molar-refractivity contribution in [1.82, 2.24) is 19.1 Å². The van der Waals surface area contributed by atoms with E-state index in [9.17, 15) is 10.5 Å². The first-order chi connectivity index (χ1) is 23.7. The van der Waals surface area contributed by atoms with Crippen LogP contribution in [0.5, 0.6) is 0 Å². The predicted molar refractivity (Wildman–Crippen MR) is 191 cm³/mol. The highest BCUT2D eigenvalue weighted by atomic mass is 15.2. The summed E-state index contributed by atoms with van der Waals surface area (Å²) in [4.78, 5) is 10.4. The molecule has 3 aromatic heterocycles. The van der Waals surface area contributed by atoms with Gasteiger partial charge in [0.05, 0.1) is 56.3 Å². The van der Waals surface area contributed by atoms with Crippen molar-refractivity contribution in [2.75, 3.05) is 0 Å². The van der Waals surface area contributed by atoms with E-state index in [1.54, 1.807) is 12.1 Å². The van der Waals surface area contributed by atoms with Crippen molar-refractivity contribution in [2.45, 2.75) is 0 Å². The molecule has 6 aromatic carbocycles. The molecule has 9 aromatic rings. The summed E-state index contributed by atoms with van der Waals surface area (Å²) in [6.45, 7) is 0. The Morgan fingerprint density at radius 2 is 0.979 bits per heavy atom. The quantitative estimate of drug-likeness (QED) is 0.198. The summed E-state index contributed by atoms with van der Waals surface area (Å²) < 4.78 is 4.28. The van der Waals surface area contributed by atoms with E-state index in [0.29, 0.717) is 17.1 Å². The normalized spacial score (nSPS) is 11.3. The average molecular weight is 613 g/mol. The number of benzene rings is 6. The van der Waals surface area contributed by atoms with Crippen molar-refractivity contribution in [1.29, 1.82) is 10.5 Å². The third-order valence-electron chi connectivity index (χ3n) is 9.01. The van der Waals surface area contributed by atoms with Gasteiger partial charge in [0.2, 0.25) is 5.95 Å². The van der Waals surface area contributed by atoms with Crippen LogP contribution in [-0.4, -0.2) is 19.1 Å². The molecule has 0 saturated heterocycles. The van der Waals surface area contributed by atoms with Crippen molar-refractivity contribution in [2.24, 2.45) is 0 Å². The van der Waals surface area contributed by atoms with Crippen LogP contribution >= 0.6 is 0 Å². The van der Waals surface area contributed by atoms with E-state index in [4.69, 9.17) is 9.97 Å². The van der Waals surface area contributed by atoms with Crippen molar-refractivity contribution >= 4 is 43.6 Å². The molecule has 0 unspecified atom stereocenters. The zero-order chi connectivity index (χ0) is 32.2. The zero-order valence-corrected chi connectivity index (χ0v) is 25.5. The topological polar surface area (TPSA) is 83.2 Å². The Morgan fingerprint density at radius 1 is 0.438 bits per heavy atom. The summed E-state index contributed by atoms with van der Waals surface area (Å²) in [5, 5.41) is 24.1. The molecular weight excluding hydrogens is 589 g/mol. The lowest BCUT2D eigenvalue weighted by Gasteiger charge is -2.13. The van der Waals surface area contributed by atoms with Crippen LogP contribution in [0.15, 0.2) is 146 Å².